The van der Waals surface area contributed by atoms with Gasteiger partial charge in [-0.1, -0.05) is 19.8 Å². The van der Waals surface area contributed by atoms with Gasteiger partial charge < -0.3 is 4.74 Å². The van der Waals surface area contributed by atoms with E-state index in [9.17, 15) is 9.59 Å². The lowest BCUT2D eigenvalue weighted by Gasteiger charge is -2.16. The van der Waals surface area contributed by atoms with Gasteiger partial charge in [0, 0.05) is 6.54 Å². The van der Waals surface area contributed by atoms with Crippen molar-refractivity contribution >= 4 is 11.8 Å². The van der Waals surface area contributed by atoms with Gasteiger partial charge in [-0.05, 0) is 19.3 Å². The number of rotatable bonds is 4. The third-order valence-corrected chi connectivity index (χ3v) is 4.36. The van der Waals surface area contributed by atoms with E-state index in [1.54, 1.807) is 0 Å². The van der Waals surface area contributed by atoms with E-state index in [2.05, 4.69) is 6.92 Å². The predicted molar refractivity (Wildman–Crippen MR) is 61.1 cm³/mol. The molecule has 94 valence electrons. The summed E-state index contributed by atoms with van der Waals surface area (Å²) < 4.78 is 5.69. The first kappa shape index (κ1) is 11.2. The van der Waals surface area contributed by atoms with Crippen molar-refractivity contribution in [2.75, 3.05) is 6.54 Å². The maximum absolute atomic E-state index is 12.2. The molecule has 0 spiro atoms. The number of carbonyl (C=O) groups excluding carboxylic acids is 2. The maximum Gasteiger partial charge on any atom is 0.235 e. The molecular formula is C13H19NO3. The molecule has 0 aromatic heterocycles. The van der Waals surface area contributed by atoms with Crippen LogP contribution in [0.5, 0.6) is 0 Å². The number of hydrogen-bond donors (Lipinski definition) is 0. The molecular weight excluding hydrogens is 218 g/mol. The molecule has 0 unspecified atom stereocenters. The molecule has 3 aliphatic rings. The Bertz CT molecular complexity index is 327. The summed E-state index contributed by atoms with van der Waals surface area (Å²) >= 11 is 0. The second-order valence-corrected chi connectivity index (χ2v) is 5.38. The van der Waals surface area contributed by atoms with Gasteiger partial charge in [0.25, 0.3) is 0 Å². The van der Waals surface area contributed by atoms with Gasteiger partial charge in [-0.2, -0.15) is 0 Å². The molecule has 0 aromatic rings. The molecule has 17 heavy (non-hydrogen) atoms. The minimum absolute atomic E-state index is 0.0256. The van der Waals surface area contributed by atoms with E-state index in [4.69, 9.17) is 4.74 Å². The number of fused-ring (bicyclic) bond motifs is 5. The highest BCUT2D eigenvalue weighted by Gasteiger charge is 2.61. The topological polar surface area (TPSA) is 46.6 Å². The highest BCUT2D eigenvalue weighted by molar-refractivity contribution is 6.06. The van der Waals surface area contributed by atoms with Crippen LogP contribution in [0.3, 0.4) is 0 Å². The van der Waals surface area contributed by atoms with Crippen LogP contribution in [0.1, 0.15) is 39.0 Å². The average molecular weight is 237 g/mol. The second-order valence-electron chi connectivity index (χ2n) is 5.38. The number of likely N-dealkylation sites (tertiary alicyclic amines) is 1. The Morgan fingerprint density at radius 3 is 2.24 bits per heavy atom. The van der Waals surface area contributed by atoms with Crippen LogP contribution in [-0.4, -0.2) is 35.5 Å². The fraction of sp³-hybridized carbons (Fsp3) is 0.846. The molecule has 3 heterocycles. The normalized spacial score (nSPS) is 39.2. The zero-order chi connectivity index (χ0) is 12.0. The zero-order valence-corrected chi connectivity index (χ0v) is 10.2. The summed E-state index contributed by atoms with van der Waals surface area (Å²) in [6, 6.07) is 0. The highest BCUT2D eigenvalue weighted by Crippen LogP contribution is 2.48. The Labute approximate surface area is 101 Å². The lowest BCUT2D eigenvalue weighted by molar-refractivity contribution is -0.142. The van der Waals surface area contributed by atoms with Crippen LogP contribution in [0.2, 0.25) is 0 Å². The van der Waals surface area contributed by atoms with Gasteiger partial charge in [0.2, 0.25) is 11.8 Å². The number of carbonyl (C=O) groups is 2. The molecule has 0 saturated carbocycles. The van der Waals surface area contributed by atoms with Gasteiger partial charge in [-0.25, -0.2) is 0 Å². The van der Waals surface area contributed by atoms with Crippen molar-refractivity contribution in [3.63, 3.8) is 0 Å². The van der Waals surface area contributed by atoms with Crippen molar-refractivity contribution in [1.82, 2.24) is 4.90 Å². The molecule has 0 radical (unpaired) electrons. The highest BCUT2D eigenvalue weighted by atomic mass is 16.5. The van der Waals surface area contributed by atoms with Crippen LogP contribution in [-0.2, 0) is 14.3 Å². The van der Waals surface area contributed by atoms with E-state index < -0.39 is 0 Å². The minimum atomic E-state index is -0.150. The van der Waals surface area contributed by atoms with Crippen molar-refractivity contribution in [1.29, 1.82) is 0 Å². The maximum atomic E-state index is 12.2. The van der Waals surface area contributed by atoms with Crippen LogP contribution < -0.4 is 0 Å². The summed E-state index contributed by atoms with van der Waals surface area (Å²) in [6.45, 7) is 2.73. The summed E-state index contributed by atoms with van der Waals surface area (Å²) in [6.07, 6.45) is 5.08. The first-order valence-electron chi connectivity index (χ1n) is 6.74. The Kier molecular flexibility index (Phi) is 2.69. The molecule has 2 amide bonds. The molecule has 4 nitrogen and oxygen atoms in total. The van der Waals surface area contributed by atoms with E-state index >= 15 is 0 Å². The van der Waals surface area contributed by atoms with Gasteiger partial charge in [0.05, 0.1) is 24.0 Å². The van der Waals surface area contributed by atoms with Crippen molar-refractivity contribution in [2.45, 2.75) is 51.2 Å². The summed E-state index contributed by atoms with van der Waals surface area (Å²) in [5, 5.41) is 0. The fourth-order valence-corrected chi connectivity index (χ4v) is 3.51. The summed E-state index contributed by atoms with van der Waals surface area (Å²) in [5.74, 6) is -0.239. The molecule has 4 heteroatoms. The molecule has 0 N–H and O–H groups in total. The van der Waals surface area contributed by atoms with Crippen molar-refractivity contribution in [2.24, 2.45) is 11.8 Å². The van der Waals surface area contributed by atoms with Gasteiger partial charge in [0.1, 0.15) is 0 Å². The van der Waals surface area contributed by atoms with Gasteiger partial charge >= 0.3 is 0 Å². The predicted octanol–water partition coefficient (Wildman–Crippen LogP) is 1.34. The van der Waals surface area contributed by atoms with Crippen LogP contribution in [0.4, 0.5) is 0 Å². The molecule has 2 bridgehead atoms. The van der Waals surface area contributed by atoms with E-state index in [1.165, 1.54) is 4.90 Å². The van der Waals surface area contributed by atoms with Crippen LogP contribution in [0.25, 0.3) is 0 Å². The minimum Gasteiger partial charge on any atom is -0.373 e. The molecule has 4 atom stereocenters. The lowest BCUT2D eigenvalue weighted by Crippen LogP contribution is -2.35. The third-order valence-electron chi connectivity index (χ3n) is 4.36. The average Bonchev–Trinajstić information content (AvgIpc) is 2.97. The SMILES string of the molecule is CCCCCN1C(=O)[C@@H]2[C@H](C1=O)[C@H]1CC[C@@H]2O1. The summed E-state index contributed by atoms with van der Waals surface area (Å²) in [7, 11) is 0. The van der Waals surface area contributed by atoms with Crippen molar-refractivity contribution < 1.29 is 14.3 Å². The number of nitrogens with zero attached hydrogens (tertiary/aromatic N) is 1. The zero-order valence-electron chi connectivity index (χ0n) is 10.2. The molecule has 3 aliphatic heterocycles. The van der Waals surface area contributed by atoms with Crippen molar-refractivity contribution in [3.05, 3.63) is 0 Å². The summed E-state index contributed by atoms with van der Waals surface area (Å²) in [4.78, 5) is 25.9. The summed E-state index contributed by atoms with van der Waals surface area (Å²) in [5.41, 5.74) is 0. The molecule has 0 aliphatic carbocycles. The molecule has 0 aromatic carbocycles. The van der Waals surface area contributed by atoms with Crippen LogP contribution >= 0.6 is 0 Å². The van der Waals surface area contributed by atoms with Crippen LogP contribution in [0.15, 0.2) is 0 Å². The lowest BCUT2D eigenvalue weighted by atomic mass is 9.81. The first-order valence-corrected chi connectivity index (χ1v) is 6.74. The van der Waals surface area contributed by atoms with Crippen molar-refractivity contribution in [3.8, 4) is 0 Å². The van der Waals surface area contributed by atoms with E-state index in [0.717, 1.165) is 32.1 Å². The monoisotopic (exact) mass is 237 g/mol. The molecule has 3 fully saturated rings. The Morgan fingerprint density at radius 1 is 1.12 bits per heavy atom. The van der Waals surface area contributed by atoms with Gasteiger partial charge in [0.15, 0.2) is 0 Å². The fourth-order valence-electron chi connectivity index (χ4n) is 3.51. The standard InChI is InChI=1S/C13H19NO3/c1-2-3-4-7-14-12(15)10-8-5-6-9(17-8)11(10)13(14)16/h8-11H,2-7H2,1H3/t8-,9+,10-,11+. The number of amides is 2. The first-order chi connectivity index (χ1) is 8.24. The Balaban J connectivity index is 1.72. The van der Waals surface area contributed by atoms with E-state index in [0.29, 0.717) is 6.54 Å². The van der Waals surface area contributed by atoms with Crippen LogP contribution in [0, 0.1) is 11.8 Å². The number of unbranched alkanes of at least 4 members (excludes halogenated alkanes) is 2. The smallest absolute Gasteiger partial charge is 0.235 e. The Morgan fingerprint density at radius 2 is 1.71 bits per heavy atom. The largest absolute Gasteiger partial charge is 0.373 e. The third kappa shape index (κ3) is 1.53. The molecule has 3 saturated heterocycles. The number of hydrogen-bond acceptors (Lipinski definition) is 3. The second kappa shape index (κ2) is 4.09. The van der Waals surface area contributed by atoms with E-state index in [1.807, 2.05) is 0 Å². The quantitative estimate of drug-likeness (QED) is 0.547. The number of ether oxygens (including phenoxy) is 1. The van der Waals surface area contributed by atoms with Gasteiger partial charge in [-0.15, -0.1) is 0 Å². The van der Waals surface area contributed by atoms with E-state index in [-0.39, 0.29) is 35.9 Å². The number of imide groups is 1. The van der Waals surface area contributed by atoms with Gasteiger partial charge in [-0.3, -0.25) is 14.5 Å². The molecule has 3 rings (SSSR count). The Hall–Kier alpha value is -0.900.